The number of methoxy groups -OCH3 is 1. The number of carbonyl (C=O) groups is 1. The molecule has 1 fully saturated rings. The molecule has 9 heteroatoms. The van der Waals surface area contributed by atoms with Crippen LogP contribution in [-0.4, -0.2) is 68.5 Å². The van der Waals surface area contributed by atoms with E-state index in [1.54, 1.807) is 30.2 Å². The summed E-state index contributed by atoms with van der Waals surface area (Å²) in [4.78, 5) is 24.2. The number of nitrogens with zero attached hydrogens (tertiary/aromatic N) is 3. The van der Waals surface area contributed by atoms with Crippen LogP contribution in [0.5, 0.6) is 5.75 Å². The number of rotatable bonds is 7. The van der Waals surface area contributed by atoms with Gasteiger partial charge in [-0.2, -0.15) is 0 Å². The van der Waals surface area contributed by atoms with Gasteiger partial charge in [-0.15, -0.1) is 24.2 Å². The van der Waals surface area contributed by atoms with Gasteiger partial charge in [0.05, 0.1) is 36.1 Å². The van der Waals surface area contributed by atoms with Crippen molar-refractivity contribution in [3.8, 4) is 5.75 Å². The fourth-order valence-electron chi connectivity index (χ4n) is 4.19. The number of fused-ring (bicyclic) bond motifs is 2. The molecule has 0 spiro atoms. The van der Waals surface area contributed by atoms with Gasteiger partial charge in [0, 0.05) is 31.1 Å². The van der Waals surface area contributed by atoms with Crippen LogP contribution in [0.2, 0.25) is 0 Å². The summed E-state index contributed by atoms with van der Waals surface area (Å²) in [6.45, 7) is 4.51. The van der Waals surface area contributed by atoms with E-state index < -0.39 is 0 Å². The van der Waals surface area contributed by atoms with Gasteiger partial charge in [-0.05, 0) is 47.4 Å². The first-order valence-electron chi connectivity index (χ1n) is 11.3. The molecule has 5 rings (SSSR count). The predicted molar refractivity (Wildman–Crippen MR) is 148 cm³/mol. The standard InChI is InChI=1S/C26H27N3O3S2.ClH/c1-31-23-16-19-6-4-3-5-18(19)15-21(23)25(30)29(10-9-28-11-13-32-14-12-28)26-27-22-8-7-20(33-2)17-24(22)34-26;/h3-8,15-17H,9-14H2,1-2H3;1H. The third kappa shape index (κ3) is 5.57. The van der Waals surface area contributed by atoms with E-state index in [4.69, 9.17) is 14.5 Å². The molecule has 1 aliphatic heterocycles. The maximum atomic E-state index is 14.0. The molecule has 2 heterocycles. The number of hydrogen-bond acceptors (Lipinski definition) is 7. The molecule has 0 saturated carbocycles. The van der Waals surface area contributed by atoms with Crippen LogP contribution in [0.4, 0.5) is 5.13 Å². The van der Waals surface area contributed by atoms with Gasteiger partial charge in [0.15, 0.2) is 5.13 Å². The second-order valence-corrected chi connectivity index (χ2v) is 10.0. The molecule has 35 heavy (non-hydrogen) atoms. The van der Waals surface area contributed by atoms with E-state index in [0.29, 0.717) is 23.0 Å². The summed E-state index contributed by atoms with van der Waals surface area (Å²) in [5, 5.41) is 2.76. The van der Waals surface area contributed by atoms with Crippen molar-refractivity contribution in [2.45, 2.75) is 4.90 Å². The van der Waals surface area contributed by atoms with E-state index in [-0.39, 0.29) is 18.3 Å². The van der Waals surface area contributed by atoms with Gasteiger partial charge in [-0.3, -0.25) is 14.6 Å². The van der Waals surface area contributed by atoms with Gasteiger partial charge in [-0.25, -0.2) is 4.98 Å². The number of amides is 1. The molecule has 0 bridgehead atoms. The second-order valence-electron chi connectivity index (χ2n) is 8.14. The number of anilines is 1. The summed E-state index contributed by atoms with van der Waals surface area (Å²) in [5.74, 6) is 0.478. The highest BCUT2D eigenvalue weighted by atomic mass is 35.5. The summed E-state index contributed by atoms with van der Waals surface area (Å²) in [7, 11) is 1.61. The number of aromatic nitrogens is 1. The van der Waals surface area contributed by atoms with E-state index in [0.717, 1.165) is 53.8 Å². The van der Waals surface area contributed by atoms with Crippen molar-refractivity contribution in [1.82, 2.24) is 9.88 Å². The Balaban J connectivity index is 0.00000289. The maximum absolute atomic E-state index is 14.0. The van der Waals surface area contributed by atoms with Gasteiger partial charge >= 0.3 is 0 Å². The molecule has 0 aliphatic carbocycles. The lowest BCUT2D eigenvalue weighted by atomic mass is 10.0. The highest BCUT2D eigenvalue weighted by Crippen LogP contribution is 2.34. The van der Waals surface area contributed by atoms with Gasteiger partial charge in [0.2, 0.25) is 0 Å². The highest BCUT2D eigenvalue weighted by Gasteiger charge is 2.25. The third-order valence-corrected chi connectivity index (χ3v) is 7.87. The van der Waals surface area contributed by atoms with E-state index in [9.17, 15) is 4.79 Å². The topological polar surface area (TPSA) is 54.9 Å². The lowest BCUT2D eigenvalue weighted by Gasteiger charge is -2.29. The minimum Gasteiger partial charge on any atom is -0.496 e. The summed E-state index contributed by atoms with van der Waals surface area (Å²) >= 11 is 3.26. The highest BCUT2D eigenvalue weighted by molar-refractivity contribution is 7.98. The van der Waals surface area contributed by atoms with Crippen molar-refractivity contribution in [1.29, 1.82) is 0 Å². The molecular formula is C26H28ClN3O3S2. The summed E-state index contributed by atoms with van der Waals surface area (Å²) in [5.41, 5.74) is 1.46. The minimum atomic E-state index is -0.0972. The SMILES string of the molecule is COc1cc2ccccc2cc1C(=O)N(CCN1CCOCC1)c1nc2ccc(SC)cc2s1.Cl. The van der Waals surface area contributed by atoms with Gasteiger partial charge in [0.1, 0.15) is 5.75 Å². The number of thiazole rings is 1. The molecule has 1 aromatic heterocycles. The molecule has 1 aliphatic rings. The van der Waals surface area contributed by atoms with E-state index in [1.165, 1.54) is 4.90 Å². The predicted octanol–water partition coefficient (Wildman–Crippen LogP) is 5.58. The Kier molecular flexibility index (Phi) is 8.51. The van der Waals surface area contributed by atoms with Crippen molar-refractivity contribution < 1.29 is 14.3 Å². The second kappa shape index (κ2) is 11.6. The Morgan fingerprint density at radius 1 is 1.14 bits per heavy atom. The molecule has 0 radical (unpaired) electrons. The molecular weight excluding hydrogens is 502 g/mol. The van der Waals surface area contributed by atoms with Crippen LogP contribution in [0, 0.1) is 0 Å². The van der Waals surface area contributed by atoms with Crippen molar-refractivity contribution in [3.63, 3.8) is 0 Å². The Bertz CT molecular complexity index is 1320. The number of morpholine rings is 1. The third-order valence-electron chi connectivity index (χ3n) is 6.10. The van der Waals surface area contributed by atoms with Gasteiger partial charge < -0.3 is 9.47 Å². The molecule has 1 saturated heterocycles. The Morgan fingerprint density at radius 3 is 2.60 bits per heavy atom. The van der Waals surface area contributed by atoms with Crippen LogP contribution < -0.4 is 9.64 Å². The van der Waals surface area contributed by atoms with Crippen molar-refractivity contribution >= 4 is 67.5 Å². The summed E-state index contributed by atoms with van der Waals surface area (Å²) < 4.78 is 12.2. The van der Waals surface area contributed by atoms with Gasteiger partial charge in [0.25, 0.3) is 5.91 Å². The monoisotopic (exact) mass is 529 g/mol. The fraction of sp³-hybridized carbons (Fsp3) is 0.308. The van der Waals surface area contributed by atoms with Crippen LogP contribution in [0.25, 0.3) is 21.0 Å². The first-order valence-corrected chi connectivity index (χ1v) is 13.3. The molecule has 3 aromatic carbocycles. The minimum absolute atomic E-state index is 0. The Morgan fingerprint density at radius 2 is 1.89 bits per heavy atom. The summed E-state index contributed by atoms with van der Waals surface area (Å²) in [6, 6.07) is 18.1. The van der Waals surface area contributed by atoms with Crippen LogP contribution in [-0.2, 0) is 4.74 Å². The number of ether oxygens (including phenoxy) is 2. The molecule has 0 N–H and O–H groups in total. The normalized spacial score (nSPS) is 14.1. The van der Waals surface area contributed by atoms with Crippen molar-refractivity contribution in [3.05, 3.63) is 60.2 Å². The smallest absolute Gasteiger partial charge is 0.263 e. The molecule has 0 atom stereocenters. The lowest BCUT2D eigenvalue weighted by molar-refractivity contribution is 0.0391. The number of hydrogen-bond donors (Lipinski definition) is 0. The zero-order valence-corrected chi connectivity index (χ0v) is 22.2. The van der Waals surface area contributed by atoms with Crippen LogP contribution >= 0.6 is 35.5 Å². The lowest BCUT2D eigenvalue weighted by Crippen LogP contribution is -2.43. The largest absolute Gasteiger partial charge is 0.496 e. The first kappa shape index (κ1) is 25.7. The average Bonchev–Trinajstić information content (AvgIpc) is 3.31. The van der Waals surface area contributed by atoms with Crippen LogP contribution in [0.3, 0.4) is 0 Å². The van der Waals surface area contributed by atoms with E-state index in [1.807, 2.05) is 47.4 Å². The molecule has 4 aromatic rings. The zero-order valence-electron chi connectivity index (χ0n) is 19.7. The number of benzene rings is 3. The first-order chi connectivity index (χ1) is 16.7. The van der Waals surface area contributed by atoms with E-state index >= 15 is 0 Å². The molecule has 1 amide bonds. The molecule has 6 nitrogen and oxygen atoms in total. The number of halogens is 1. The average molecular weight is 530 g/mol. The quantitative estimate of drug-likeness (QED) is 0.291. The maximum Gasteiger partial charge on any atom is 0.263 e. The fourth-order valence-corrected chi connectivity index (χ4v) is 5.73. The van der Waals surface area contributed by atoms with E-state index in [2.05, 4.69) is 23.3 Å². The van der Waals surface area contributed by atoms with Crippen LogP contribution in [0.1, 0.15) is 10.4 Å². The van der Waals surface area contributed by atoms with Gasteiger partial charge in [-0.1, -0.05) is 35.6 Å². The zero-order chi connectivity index (χ0) is 23.5. The molecule has 0 unspecified atom stereocenters. The van der Waals surface area contributed by atoms with Crippen molar-refractivity contribution in [2.24, 2.45) is 0 Å². The number of thioether (sulfide) groups is 1. The molecule has 184 valence electrons. The Hall–Kier alpha value is -2.36. The van der Waals surface area contributed by atoms with Crippen LogP contribution in [0.15, 0.2) is 59.5 Å². The summed E-state index contributed by atoms with van der Waals surface area (Å²) in [6.07, 6.45) is 2.06. The van der Waals surface area contributed by atoms with Crippen molar-refractivity contribution in [2.75, 3.05) is 57.7 Å². The number of carbonyl (C=O) groups excluding carboxylic acids is 1. The Labute approximate surface area is 219 Å².